The van der Waals surface area contributed by atoms with E-state index >= 15 is 0 Å². The highest BCUT2D eigenvalue weighted by molar-refractivity contribution is 7.93. The average Bonchev–Trinajstić information content (AvgIpc) is 2.33. The molecule has 0 amide bonds. The van der Waals surface area contributed by atoms with Crippen LogP contribution < -0.4 is 10.5 Å². The third kappa shape index (κ3) is 2.86. The van der Waals surface area contributed by atoms with E-state index in [1.807, 2.05) is 6.92 Å². The summed E-state index contributed by atoms with van der Waals surface area (Å²) in [4.78, 5) is 3.99. The number of rotatable bonds is 3. The van der Waals surface area contributed by atoms with E-state index in [0.29, 0.717) is 10.6 Å². The fourth-order valence-corrected chi connectivity index (χ4v) is 3.41. The largest absolute Gasteiger partial charge is 0.398 e. The molecule has 1 aromatic carbocycles. The summed E-state index contributed by atoms with van der Waals surface area (Å²) in [5.74, 6) is 0.151. The van der Waals surface area contributed by atoms with Crippen molar-refractivity contribution in [2.75, 3.05) is 10.5 Å². The number of halogens is 1. The van der Waals surface area contributed by atoms with Crippen molar-refractivity contribution in [3.63, 3.8) is 0 Å². The Morgan fingerprint density at radius 1 is 1.25 bits per heavy atom. The maximum Gasteiger partial charge on any atom is 0.265 e. The van der Waals surface area contributed by atoms with Crippen LogP contribution in [0.15, 0.2) is 35.4 Å². The van der Waals surface area contributed by atoms with Gasteiger partial charge in [0.05, 0.1) is 5.69 Å². The van der Waals surface area contributed by atoms with Gasteiger partial charge in [0, 0.05) is 17.3 Å². The summed E-state index contributed by atoms with van der Waals surface area (Å²) >= 11 is 5.81. The molecule has 2 aromatic rings. The molecule has 0 fully saturated rings. The number of aromatic nitrogens is 1. The minimum Gasteiger partial charge on any atom is -0.398 e. The van der Waals surface area contributed by atoms with E-state index in [2.05, 4.69) is 9.71 Å². The van der Waals surface area contributed by atoms with Gasteiger partial charge in [-0.05, 0) is 37.1 Å². The Bertz CT molecular complexity index is 760. The van der Waals surface area contributed by atoms with Gasteiger partial charge < -0.3 is 5.73 Å². The molecular weight excluding hydrogens is 298 g/mol. The van der Waals surface area contributed by atoms with Gasteiger partial charge in [-0.1, -0.05) is 17.7 Å². The van der Waals surface area contributed by atoms with E-state index in [9.17, 15) is 8.42 Å². The standard InChI is InChI=1S/C13H14ClN3O2S/c1-8-3-4-11(15)13(9(8)2)20(18,19)17-12-7-10(14)5-6-16-12/h3-7H,15H2,1-2H3,(H,16,17). The third-order valence-electron chi connectivity index (χ3n) is 2.94. The van der Waals surface area contributed by atoms with Crippen molar-refractivity contribution in [3.8, 4) is 0 Å². The molecule has 3 N–H and O–H groups in total. The summed E-state index contributed by atoms with van der Waals surface area (Å²) in [6.07, 6.45) is 1.42. The number of aryl methyl sites for hydroxylation is 1. The van der Waals surface area contributed by atoms with Crippen LogP contribution in [-0.4, -0.2) is 13.4 Å². The molecule has 1 aromatic heterocycles. The third-order valence-corrected chi connectivity index (χ3v) is 4.73. The van der Waals surface area contributed by atoms with Gasteiger partial charge in [-0.25, -0.2) is 13.4 Å². The Morgan fingerprint density at radius 3 is 2.60 bits per heavy atom. The molecule has 2 rings (SSSR count). The fraction of sp³-hybridized carbons (Fsp3) is 0.154. The number of hydrogen-bond donors (Lipinski definition) is 2. The summed E-state index contributed by atoms with van der Waals surface area (Å²) in [6, 6.07) is 6.34. The van der Waals surface area contributed by atoms with Crippen molar-refractivity contribution in [2.45, 2.75) is 18.7 Å². The number of hydrogen-bond acceptors (Lipinski definition) is 4. The SMILES string of the molecule is Cc1ccc(N)c(S(=O)(=O)Nc2cc(Cl)ccn2)c1C. The van der Waals surface area contributed by atoms with Crippen molar-refractivity contribution in [1.82, 2.24) is 4.98 Å². The molecule has 0 saturated heterocycles. The number of pyridine rings is 1. The van der Waals surface area contributed by atoms with Crippen LogP contribution >= 0.6 is 11.6 Å². The van der Waals surface area contributed by atoms with Crippen molar-refractivity contribution in [2.24, 2.45) is 0 Å². The van der Waals surface area contributed by atoms with Gasteiger partial charge in [-0.2, -0.15) is 0 Å². The maximum atomic E-state index is 12.4. The van der Waals surface area contributed by atoms with Crippen LogP contribution in [0.3, 0.4) is 0 Å². The molecule has 0 radical (unpaired) electrons. The minimum atomic E-state index is -3.81. The van der Waals surface area contributed by atoms with Crippen LogP contribution in [-0.2, 0) is 10.0 Å². The van der Waals surface area contributed by atoms with E-state index < -0.39 is 10.0 Å². The van der Waals surface area contributed by atoms with Crippen molar-refractivity contribution in [1.29, 1.82) is 0 Å². The monoisotopic (exact) mass is 311 g/mol. The van der Waals surface area contributed by atoms with Gasteiger partial charge in [-0.3, -0.25) is 4.72 Å². The molecule has 0 unspecified atom stereocenters. The first-order chi connectivity index (χ1) is 9.31. The number of nitrogens with one attached hydrogen (secondary N) is 1. The number of sulfonamides is 1. The molecule has 0 aliphatic heterocycles. The van der Waals surface area contributed by atoms with Crippen LogP contribution in [0.4, 0.5) is 11.5 Å². The normalized spacial score (nSPS) is 11.3. The van der Waals surface area contributed by atoms with Crippen LogP contribution in [0, 0.1) is 13.8 Å². The zero-order valence-corrected chi connectivity index (χ0v) is 12.6. The molecular formula is C13H14ClN3O2S. The number of nitrogens with zero attached hydrogens (tertiary/aromatic N) is 1. The topological polar surface area (TPSA) is 85.1 Å². The number of anilines is 2. The second kappa shape index (κ2) is 5.30. The van der Waals surface area contributed by atoms with Crippen LogP contribution in [0.25, 0.3) is 0 Å². The zero-order valence-electron chi connectivity index (χ0n) is 11.0. The van der Waals surface area contributed by atoms with E-state index in [0.717, 1.165) is 5.56 Å². The molecule has 0 aliphatic carbocycles. The quantitative estimate of drug-likeness (QED) is 0.853. The highest BCUT2D eigenvalue weighted by Gasteiger charge is 2.21. The molecule has 0 bridgehead atoms. The predicted molar refractivity (Wildman–Crippen MR) is 80.4 cm³/mol. The Labute approximate surface area is 122 Å². The Balaban J connectivity index is 2.49. The Hall–Kier alpha value is -1.79. The smallest absolute Gasteiger partial charge is 0.265 e. The zero-order chi connectivity index (χ0) is 14.9. The molecule has 0 saturated carbocycles. The van der Waals surface area contributed by atoms with Gasteiger partial charge in [0.2, 0.25) is 0 Å². The van der Waals surface area contributed by atoms with Crippen molar-refractivity contribution >= 4 is 33.1 Å². The fourth-order valence-electron chi connectivity index (χ4n) is 1.82. The lowest BCUT2D eigenvalue weighted by Gasteiger charge is -2.13. The first-order valence-corrected chi connectivity index (χ1v) is 7.67. The second-order valence-corrected chi connectivity index (χ2v) is 6.45. The predicted octanol–water partition coefficient (Wildman–Crippen LogP) is 2.73. The Kier molecular flexibility index (Phi) is 3.87. The van der Waals surface area contributed by atoms with Gasteiger partial charge in [0.1, 0.15) is 10.7 Å². The summed E-state index contributed by atoms with van der Waals surface area (Å²) in [5.41, 5.74) is 7.45. The summed E-state index contributed by atoms with van der Waals surface area (Å²) < 4.78 is 27.2. The van der Waals surface area contributed by atoms with Crippen LogP contribution in [0.2, 0.25) is 5.02 Å². The lowest BCUT2D eigenvalue weighted by atomic mass is 10.1. The van der Waals surface area contributed by atoms with E-state index in [1.54, 1.807) is 25.1 Å². The molecule has 1 heterocycles. The van der Waals surface area contributed by atoms with Gasteiger partial charge >= 0.3 is 0 Å². The van der Waals surface area contributed by atoms with Crippen molar-refractivity contribution < 1.29 is 8.42 Å². The number of benzene rings is 1. The molecule has 0 aliphatic rings. The van der Waals surface area contributed by atoms with Crippen molar-refractivity contribution in [3.05, 3.63) is 46.6 Å². The van der Waals surface area contributed by atoms with E-state index in [1.165, 1.54) is 12.3 Å². The Morgan fingerprint density at radius 2 is 1.95 bits per heavy atom. The van der Waals surface area contributed by atoms with Gasteiger partial charge in [0.15, 0.2) is 0 Å². The molecule has 7 heteroatoms. The first kappa shape index (κ1) is 14.6. The van der Waals surface area contributed by atoms with Gasteiger partial charge in [-0.15, -0.1) is 0 Å². The lowest BCUT2D eigenvalue weighted by molar-refractivity contribution is 0.600. The van der Waals surface area contributed by atoms with Crippen LogP contribution in [0.5, 0.6) is 0 Å². The highest BCUT2D eigenvalue weighted by atomic mass is 35.5. The van der Waals surface area contributed by atoms with Gasteiger partial charge in [0.25, 0.3) is 10.0 Å². The second-order valence-electron chi connectivity index (χ2n) is 4.39. The van der Waals surface area contributed by atoms with E-state index in [-0.39, 0.29) is 16.4 Å². The summed E-state index contributed by atoms with van der Waals surface area (Å²) in [5, 5.41) is 0.395. The number of nitrogen functional groups attached to an aromatic ring is 1. The maximum absolute atomic E-state index is 12.4. The molecule has 106 valence electrons. The minimum absolute atomic E-state index is 0.0688. The summed E-state index contributed by atoms with van der Waals surface area (Å²) in [7, 11) is -3.81. The van der Waals surface area contributed by atoms with Crippen LogP contribution in [0.1, 0.15) is 11.1 Å². The molecule has 0 atom stereocenters. The first-order valence-electron chi connectivity index (χ1n) is 5.81. The molecule has 0 spiro atoms. The lowest BCUT2D eigenvalue weighted by Crippen LogP contribution is -2.17. The van der Waals surface area contributed by atoms with E-state index in [4.69, 9.17) is 17.3 Å². The number of nitrogens with two attached hydrogens (primary N) is 1. The average molecular weight is 312 g/mol. The summed E-state index contributed by atoms with van der Waals surface area (Å²) in [6.45, 7) is 3.54. The molecule has 20 heavy (non-hydrogen) atoms. The highest BCUT2D eigenvalue weighted by Crippen LogP contribution is 2.27. The molecule has 5 nitrogen and oxygen atoms in total.